The SMILES string of the molecule is CCOCCN1CCC(N2CCC(N)CC2)C1. The van der Waals surface area contributed by atoms with Gasteiger partial charge in [-0.15, -0.1) is 0 Å². The monoisotopic (exact) mass is 241 g/mol. The Balaban J connectivity index is 1.66. The Morgan fingerprint density at radius 2 is 1.94 bits per heavy atom. The molecule has 2 aliphatic rings. The fourth-order valence-corrected chi connectivity index (χ4v) is 2.94. The molecule has 0 saturated carbocycles. The van der Waals surface area contributed by atoms with Gasteiger partial charge in [0, 0.05) is 31.8 Å². The van der Waals surface area contributed by atoms with Gasteiger partial charge in [0.1, 0.15) is 0 Å². The van der Waals surface area contributed by atoms with Gasteiger partial charge in [-0.05, 0) is 45.8 Å². The highest BCUT2D eigenvalue weighted by atomic mass is 16.5. The van der Waals surface area contributed by atoms with Gasteiger partial charge < -0.3 is 10.5 Å². The Labute approximate surface area is 105 Å². The quantitative estimate of drug-likeness (QED) is 0.713. The number of likely N-dealkylation sites (tertiary alicyclic amines) is 2. The lowest BCUT2D eigenvalue weighted by atomic mass is 10.0. The highest BCUT2D eigenvalue weighted by Gasteiger charge is 2.29. The third kappa shape index (κ3) is 3.91. The van der Waals surface area contributed by atoms with Crippen LogP contribution in [0.1, 0.15) is 26.2 Å². The van der Waals surface area contributed by atoms with Gasteiger partial charge in [0.15, 0.2) is 0 Å². The predicted molar refractivity (Wildman–Crippen MR) is 70.1 cm³/mol. The molecular formula is C13H27N3O. The predicted octanol–water partition coefficient (Wildman–Crippen LogP) is 0.520. The van der Waals surface area contributed by atoms with Gasteiger partial charge in [0.2, 0.25) is 0 Å². The highest BCUT2D eigenvalue weighted by Crippen LogP contribution is 2.19. The second-order valence-corrected chi connectivity index (χ2v) is 5.31. The fraction of sp³-hybridized carbons (Fsp3) is 1.00. The molecule has 1 atom stereocenters. The molecule has 0 amide bonds. The summed E-state index contributed by atoms with van der Waals surface area (Å²) in [5.74, 6) is 0. The van der Waals surface area contributed by atoms with Gasteiger partial charge in [0.25, 0.3) is 0 Å². The lowest BCUT2D eigenvalue weighted by Gasteiger charge is -2.34. The Morgan fingerprint density at radius 3 is 2.65 bits per heavy atom. The summed E-state index contributed by atoms with van der Waals surface area (Å²) in [5.41, 5.74) is 5.95. The summed E-state index contributed by atoms with van der Waals surface area (Å²) < 4.78 is 5.42. The van der Waals surface area contributed by atoms with Crippen LogP contribution in [0.5, 0.6) is 0 Å². The molecule has 4 nitrogen and oxygen atoms in total. The summed E-state index contributed by atoms with van der Waals surface area (Å²) in [6.45, 7) is 9.73. The van der Waals surface area contributed by atoms with E-state index in [0.717, 1.165) is 25.8 Å². The lowest BCUT2D eigenvalue weighted by molar-refractivity contribution is 0.113. The molecule has 0 aliphatic carbocycles. The molecule has 2 rings (SSSR count). The van der Waals surface area contributed by atoms with Crippen molar-refractivity contribution in [1.82, 2.24) is 9.80 Å². The third-order valence-corrected chi connectivity index (χ3v) is 4.09. The summed E-state index contributed by atoms with van der Waals surface area (Å²) in [6.07, 6.45) is 3.67. The van der Waals surface area contributed by atoms with Crippen LogP contribution in [0.4, 0.5) is 0 Å². The number of nitrogens with two attached hydrogens (primary N) is 1. The van der Waals surface area contributed by atoms with E-state index in [1.807, 2.05) is 0 Å². The standard InChI is InChI=1S/C13H27N3O/c1-2-17-10-9-15-6-5-13(11-15)16-7-3-12(14)4-8-16/h12-13H,2-11,14H2,1H3. The first-order chi connectivity index (χ1) is 8.29. The van der Waals surface area contributed by atoms with Crippen molar-refractivity contribution in [3.8, 4) is 0 Å². The molecule has 17 heavy (non-hydrogen) atoms. The van der Waals surface area contributed by atoms with Gasteiger partial charge in [-0.1, -0.05) is 0 Å². The van der Waals surface area contributed by atoms with Crippen molar-refractivity contribution in [2.75, 3.05) is 45.9 Å². The van der Waals surface area contributed by atoms with Gasteiger partial charge in [-0.2, -0.15) is 0 Å². The summed E-state index contributed by atoms with van der Waals surface area (Å²) in [6, 6.07) is 1.21. The molecule has 100 valence electrons. The van der Waals surface area contributed by atoms with Crippen LogP contribution >= 0.6 is 0 Å². The van der Waals surface area contributed by atoms with Crippen LogP contribution in [0.25, 0.3) is 0 Å². The molecule has 2 N–H and O–H groups in total. The van der Waals surface area contributed by atoms with Gasteiger partial charge in [-0.3, -0.25) is 9.80 Å². The first-order valence-electron chi connectivity index (χ1n) is 7.09. The number of hydrogen-bond acceptors (Lipinski definition) is 4. The molecule has 2 fully saturated rings. The molecule has 0 aromatic carbocycles. The molecule has 0 bridgehead atoms. The lowest BCUT2D eigenvalue weighted by Crippen LogP contribution is -2.46. The van der Waals surface area contributed by atoms with Gasteiger partial charge in [-0.25, -0.2) is 0 Å². The van der Waals surface area contributed by atoms with E-state index in [2.05, 4.69) is 16.7 Å². The minimum absolute atomic E-state index is 0.446. The zero-order valence-corrected chi connectivity index (χ0v) is 11.1. The Kier molecular flexibility index (Phi) is 5.22. The maximum absolute atomic E-state index is 5.95. The highest BCUT2D eigenvalue weighted by molar-refractivity contribution is 4.86. The van der Waals surface area contributed by atoms with E-state index in [-0.39, 0.29) is 0 Å². The van der Waals surface area contributed by atoms with Crippen LogP contribution in [0.3, 0.4) is 0 Å². The zero-order chi connectivity index (χ0) is 12.1. The second-order valence-electron chi connectivity index (χ2n) is 5.31. The Bertz CT molecular complexity index is 217. The topological polar surface area (TPSA) is 41.7 Å². The van der Waals surface area contributed by atoms with Crippen LogP contribution in [0.15, 0.2) is 0 Å². The normalized spacial score (nSPS) is 28.9. The molecule has 0 radical (unpaired) electrons. The smallest absolute Gasteiger partial charge is 0.0593 e. The zero-order valence-electron chi connectivity index (χ0n) is 11.1. The van der Waals surface area contributed by atoms with E-state index in [4.69, 9.17) is 10.5 Å². The van der Waals surface area contributed by atoms with E-state index < -0.39 is 0 Å². The van der Waals surface area contributed by atoms with E-state index in [9.17, 15) is 0 Å². The molecule has 2 saturated heterocycles. The second kappa shape index (κ2) is 6.69. The minimum atomic E-state index is 0.446. The summed E-state index contributed by atoms with van der Waals surface area (Å²) >= 11 is 0. The van der Waals surface area contributed by atoms with Crippen molar-refractivity contribution in [3.63, 3.8) is 0 Å². The average Bonchev–Trinajstić information content (AvgIpc) is 2.79. The Morgan fingerprint density at radius 1 is 1.18 bits per heavy atom. The molecule has 1 unspecified atom stereocenters. The average molecular weight is 241 g/mol. The van der Waals surface area contributed by atoms with Crippen molar-refractivity contribution in [3.05, 3.63) is 0 Å². The molecule has 0 aromatic rings. The van der Waals surface area contributed by atoms with Crippen molar-refractivity contribution in [2.45, 2.75) is 38.3 Å². The molecule has 2 aliphatic heterocycles. The van der Waals surface area contributed by atoms with E-state index in [1.54, 1.807) is 0 Å². The first-order valence-corrected chi connectivity index (χ1v) is 7.09. The van der Waals surface area contributed by atoms with Crippen LogP contribution in [-0.4, -0.2) is 67.8 Å². The minimum Gasteiger partial charge on any atom is -0.380 e. The Hall–Kier alpha value is -0.160. The molecule has 0 spiro atoms. The molecule has 4 heteroatoms. The third-order valence-electron chi connectivity index (χ3n) is 4.09. The van der Waals surface area contributed by atoms with Crippen LogP contribution in [0.2, 0.25) is 0 Å². The fourth-order valence-electron chi connectivity index (χ4n) is 2.94. The summed E-state index contributed by atoms with van der Waals surface area (Å²) in [4.78, 5) is 5.18. The van der Waals surface area contributed by atoms with Crippen LogP contribution < -0.4 is 5.73 Å². The molecule has 0 aromatic heterocycles. The number of piperidine rings is 1. The maximum atomic E-state index is 5.95. The van der Waals surface area contributed by atoms with E-state index >= 15 is 0 Å². The van der Waals surface area contributed by atoms with Gasteiger partial charge in [0.05, 0.1) is 6.61 Å². The summed E-state index contributed by atoms with van der Waals surface area (Å²) in [5, 5.41) is 0. The number of hydrogen-bond donors (Lipinski definition) is 1. The van der Waals surface area contributed by atoms with Gasteiger partial charge >= 0.3 is 0 Å². The van der Waals surface area contributed by atoms with Crippen molar-refractivity contribution >= 4 is 0 Å². The number of rotatable bonds is 5. The van der Waals surface area contributed by atoms with Crippen LogP contribution in [-0.2, 0) is 4.74 Å². The van der Waals surface area contributed by atoms with E-state index in [1.165, 1.54) is 45.4 Å². The summed E-state index contributed by atoms with van der Waals surface area (Å²) in [7, 11) is 0. The van der Waals surface area contributed by atoms with E-state index in [0.29, 0.717) is 6.04 Å². The number of ether oxygens (including phenoxy) is 1. The number of nitrogens with zero attached hydrogens (tertiary/aromatic N) is 2. The molecule has 2 heterocycles. The van der Waals surface area contributed by atoms with Crippen molar-refractivity contribution in [2.24, 2.45) is 5.73 Å². The first kappa shape index (κ1) is 13.3. The van der Waals surface area contributed by atoms with Crippen molar-refractivity contribution < 1.29 is 4.74 Å². The van der Waals surface area contributed by atoms with Crippen LogP contribution in [0, 0.1) is 0 Å². The molecular weight excluding hydrogens is 214 g/mol. The maximum Gasteiger partial charge on any atom is 0.0593 e. The largest absolute Gasteiger partial charge is 0.380 e. The van der Waals surface area contributed by atoms with Crippen molar-refractivity contribution in [1.29, 1.82) is 0 Å².